The van der Waals surface area contributed by atoms with E-state index in [4.69, 9.17) is 14.2 Å². The summed E-state index contributed by atoms with van der Waals surface area (Å²) >= 11 is 0. The van der Waals surface area contributed by atoms with Crippen molar-refractivity contribution in [1.29, 1.82) is 0 Å². The van der Waals surface area contributed by atoms with Crippen LogP contribution in [0.4, 0.5) is 0 Å². The van der Waals surface area contributed by atoms with E-state index >= 15 is 0 Å². The summed E-state index contributed by atoms with van der Waals surface area (Å²) in [5, 5.41) is 6.44. The van der Waals surface area contributed by atoms with Gasteiger partial charge < -0.3 is 24.8 Å². The first kappa shape index (κ1) is 19.4. The Morgan fingerprint density at radius 1 is 1.17 bits per heavy atom. The minimum absolute atomic E-state index is 0. The lowest BCUT2D eigenvalue weighted by Gasteiger charge is -2.30. The first-order valence-corrected chi connectivity index (χ1v) is 7.45. The van der Waals surface area contributed by atoms with Crippen LogP contribution < -0.4 is 24.8 Å². The van der Waals surface area contributed by atoms with Gasteiger partial charge in [0.2, 0.25) is 5.75 Å². The van der Waals surface area contributed by atoms with Crippen LogP contribution in [0.2, 0.25) is 0 Å². The fourth-order valence-corrected chi connectivity index (χ4v) is 2.77. The normalized spacial score (nSPS) is 20.2. The molecule has 1 saturated heterocycles. The summed E-state index contributed by atoms with van der Waals surface area (Å²) in [5.74, 6) is 1.17. The third kappa shape index (κ3) is 4.20. The maximum absolute atomic E-state index is 12.6. The van der Waals surface area contributed by atoms with Crippen LogP contribution in [0.15, 0.2) is 12.1 Å². The smallest absolute Gasteiger partial charge is 0.255 e. The number of halogens is 1. The van der Waals surface area contributed by atoms with Crippen molar-refractivity contribution in [3.8, 4) is 17.2 Å². The van der Waals surface area contributed by atoms with Crippen LogP contribution in [0.25, 0.3) is 0 Å². The molecule has 0 radical (unpaired) electrons. The highest BCUT2D eigenvalue weighted by atomic mass is 35.5. The standard InChI is InChI=1S/C16H24N2O4.ClH/c1-10-12(6-5-9-17-10)18-16(19)11-7-8-13(20-2)15(22-4)14(11)21-3;/h7-8,10,12,17H,5-6,9H2,1-4H3,(H,18,19);1H. The lowest BCUT2D eigenvalue weighted by Crippen LogP contribution is -2.51. The maximum atomic E-state index is 12.6. The highest BCUT2D eigenvalue weighted by Crippen LogP contribution is 2.39. The van der Waals surface area contributed by atoms with Crippen LogP contribution in [0, 0.1) is 0 Å². The molecule has 0 bridgehead atoms. The van der Waals surface area contributed by atoms with Gasteiger partial charge in [-0.25, -0.2) is 0 Å². The summed E-state index contributed by atoms with van der Waals surface area (Å²) in [6, 6.07) is 3.76. The van der Waals surface area contributed by atoms with Crippen molar-refractivity contribution in [1.82, 2.24) is 10.6 Å². The van der Waals surface area contributed by atoms with E-state index < -0.39 is 0 Å². The van der Waals surface area contributed by atoms with E-state index in [1.807, 2.05) is 0 Å². The van der Waals surface area contributed by atoms with Crippen LogP contribution in [0.5, 0.6) is 17.2 Å². The summed E-state index contributed by atoms with van der Waals surface area (Å²) in [6.45, 7) is 3.07. The van der Waals surface area contributed by atoms with Crippen molar-refractivity contribution < 1.29 is 19.0 Å². The Morgan fingerprint density at radius 2 is 1.87 bits per heavy atom. The van der Waals surface area contributed by atoms with E-state index in [2.05, 4.69) is 17.6 Å². The molecule has 6 nitrogen and oxygen atoms in total. The maximum Gasteiger partial charge on any atom is 0.255 e. The van der Waals surface area contributed by atoms with Gasteiger partial charge in [0.25, 0.3) is 5.91 Å². The molecule has 2 rings (SSSR count). The minimum atomic E-state index is -0.168. The number of ether oxygens (including phenoxy) is 3. The largest absolute Gasteiger partial charge is 0.493 e. The number of piperidine rings is 1. The molecule has 0 saturated carbocycles. The Labute approximate surface area is 143 Å². The number of carbonyl (C=O) groups is 1. The van der Waals surface area contributed by atoms with Gasteiger partial charge in [0.05, 0.1) is 26.9 Å². The molecule has 7 heteroatoms. The van der Waals surface area contributed by atoms with Crippen molar-refractivity contribution >= 4 is 18.3 Å². The van der Waals surface area contributed by atoms with Gasteiger partial charge in [-0.15, -0.1) is 12.4 Å². The lowest BCUT2D eigenvalue weighted by atomic mass is 9.99. The van der Waals surface area contributed by atoms with Gasteiger partial charge in [0.1, 0.15) is 0 Å². The number of hydrogen-bond donors (Lipinski definition) is 2. The zero-order valence-corrected chi connectivity index (χ0v) is 14.8. The molecule has 0 aliphatic carbocycles. The quantitative estimate of drug-likeness (QED) is 0.855. The molecule has 2 unspecified atom stereocenters. The molecule has 0 aromatic heterocycles. The van der Waals surface area contributed by atoms with Gasteiger partial charge in [0, 0.05) is 12.1 Å². The van der Waals surface area contributed by atoms with Crippen molar-refractivity contribution in [3.63, 3.8) is 0 Å². The molecule has 1 heterocycles. The molecule has 130 valence electrons. The van der Waals surface area contributed by atoms with Gasteiger partial charge in [-0.1, -0.05) is 0 Å². The molecule has 23 heavy (non-hydrogen) atoms. The topological polar surface area (TPSA) is 68.8 Å². The zero-order chi connectivity index (χ0) is 16.1. The van der Waals surface area contributed by atoms with Crippen LogP contribution >= 0.6 is 12.4 Å². The summed E-state index contributed by atoms with van der Waals surface area (Å²) in [5.41, 5.74) is 0.443. The van der Waals surface area contributed by atoms with Gasteiger partial charge in [-0.3, -0.25) is 4.79 Å². The molecule has 1 aromatic carbocycles. The Bertz CT molecular complexity index is 539. The Hall–Kier alpha value is -1.66. The van der Waals surface area contributed by atoms with Crippen LogP contribution in [0.3, 0.4) is 0 Å². The van der Waals surface area contributed by atoms with Crippen molar-refractivity contribution in [3.05, 3.63) is 17.7 Å². The third-order valence-electron chi connectivity index (χ3n) is 4.03. The highest BCUT2D eigenvalue weighted by Gasteiger charge is 2.26. The predicted octanol–water partition coefficient (Wildman–Crippen LogP) is 2.00. The van der Waals surface area contributed by atoms with Crippen molar-refractivity contribution in [2.75, 3.05) is 27.9 Å². The Morgan fingerprint density at radius 3 is 2.43 bits per heavy atom. The van der Waals surface area contributed by atoms with Gasteiger partial charge in [-0.2, -0.15) is 0 Å². The van der Waals surface area contributed by atoms with Crippen LogP contribution in [-0.4, -0.2) is 45.9 Å². The van der Waals surface area contributed by atoms with Gasteiger partial charge in [0.15, 0.2) is 11.5 Å². The summed E-state index contributed by atoms with van der Waals surface area (Å²) in [7, 11) is 4.58. The molecule has 1 aromatic rings. The van der Waals surface area contributed by atoms with E-state index in [9.17, 15) is 4.79 Å². The second-order valence-electron chi connectivity index (χ2n) is 5.35. The van der Waals surface area contributed by atoms with Crippen molar-refractivity contribution in [2.45, 2.75) is 31.8 Å². The first-order valence-electron chi connectivity index (χ1n) is 7.45. The number of benzene rings is 1. The van der Waals surface area contributed by atoms with E-state index in [1.54, 1.807) is 19.2 Å². The number of hydrogen-bond acceptors (Lipinski definition) is 5. The van der Waals surface area contributed by atoms with Gasteiger partial charge in [-0.05, 0) is 38.4 Å². The third-order valence-corrected chi connectivity index (χ3v) is 4.03. The molecule has 2 atom stereocenters. The molecule has 0 spiro atoms. The van der Waals surface area contributed by atoms with E-state index in [0.29, 0.717) is 22.8 Å². The SMILES string of the molecule is COc1ccc(C(=O)NC2CCCNC2C)c(OC)c1OC.Cl. The average molecular weight is 345 g/mol. The first-order chi connectivity index (χ1) is 10.6. The Balaban J connectivity index is 0.00000264. The fraction of sp³-hybridized carbons (Fsp3) is 0.562. The molecule has 1 amide bonds. The molecular formula is C16H25ClN2O4. The summed E-state index contributed by atoms with van der Waals surface area (Å²) in [4.78, 5) is 12.6. The number of methoxy groups -OCH3 is 3. The second kappa shape index (κ2) is 8.84. The number of nitrogens with one attached hydrogen (secondary N) is 2. The van der Waals surface area contributed by atoms with E-state index in [1.165, 1.54) is 14.2 Å². The highest BCUT2D eigenvalue weighted by molar-refractivity contribution is 5.98. The number of carbonyl (C=O) groups excluding carboxylic acids is 1. The molecular weight excluding hydrogens is 320 g/mol. The monoisotopic (exact) mass is 344 g/mol. The summed E-state index contributed by atoms with van der Waals surface area (Å²) in [6.07, 6.45) is 2.02. The van der Waals surface area contributed by atoms with Gasteiger partial charge >= 0.3 is 0 Å². The summed E-state index contributed by atoms with van der Waals surface area (Å²) < 4.78 is 15.9. The lowest BCUT2D eigenvalue weighted by molar-refractivity contribution is 0.0916. The molecule has 1 aliphatic heterocycles. The van der Waals surface area contributed by atoms with E-state index in [0.717, 1.165) is 19.4 Å². The van der Waals surface area contributed by atoms with Crippen LogP contribution in [0.1, 0.15) is 30.1 Å². The van der Waals surface area contributed by atoms with Crippen molar-refractivity contribution in [2.24, 2.45) is 0 Å². The minimum Gasteiger partial charge on any atom is -0.493 e. The second-order valence-corrected chi connectivity index (χ2v) is 5.35. The molecule has 1 fully saturated rings. The van der Waals surface area contributed by atoms with Crippen LogP contribution in [-0.2, 0) is 0 Å². The predicted molar refractivity (Wildman–Crippen MR) is 91.3 cm³/mol. The van der Waals surface area contributed by atoms with E-state index in [-0.39, 0.29) is 30.4 Å². The average Bonchev–Trinajstić information content (AvgIpc) is 2.55. The Kier molecular flexibility index (Phi) is 7.45. The number of rotatable bonds is 5. The molecule has 2 N–H and O–H groups in total. The number of amides is 1. The molecule has 1 aliphatic rings. The zero-order valence-electron chi connectivity index (χ0n) is 14.0. The fourth-order valence-electron chi connectivity index (χ4n) is 2.77.